The molecule has 0 radical (unpaired) electrons. The second-order valence-electron chi connectivity index (χ2n) is 8.11. The molecule has 0 saturated heterocycles. The maximum Gasteiger partial charge on any atom is 0.255 e. The van der Waals surface area contributed by atoms with Gasteiger partial charge in [-0.2, -0.15) is 5.10 Å². The van der Waals surface area contributed by atoms with Crippen LogP contribution in [-0.2, 0) is 20.0 Å². The Hall–Kier alpha value is -3.09. The van der Waals surface area contributed by atoms with Gasteiger partial charge < -0.3 is 14.4 Å². The summed E-state index contributed by atoms with van der Waals surface area (Å²) in [7, 11) is 5.14. The Morgan fingerprint density at radius 3 is 2.40 bits per heavy atom. The van der Waals surface area contributed by atoms with E-state index in [1.54, 1.807) is 18.9 Å². The summed E-state index contributed by atoms with van der Waals surface area (Å²) >= 11 is 0. The molecule has 1 aliphatic heterocycles. The van der Waals surface area contributed by atoms with Crippen molar-refractivity contribution < 1.29 is 14.3 Å². The zero-order valence-corrected chi connectivity index (χ0v) is 18.4. The lowest BCUT2D eigenvalue weighted by Gasteiger charge is -2.30. The summed E-state index contributed by atoms with van der Waals surface area (Å²) < 4.78 is 12.6. The molecule has 1 aromatic carbocycles. The van der Waals surface area contributed by atoms with Crippen LogP contribution in [0.1, 0.15) is 52.6 Å². The predicted octanol–water partition coefficient (Wildman–Crippen LogP) is 3.62. The van der Waals surface area contributed by atoms with E-state index in [0.29, 0.717) is 24.4 Å². The van der Waals surface area contributed by atoms with Crippen LogP contribution < -0.4 is 9.47 Å². The monoisotopic (exact) mass is 408 g/mol. The molecule has 3 heterocycles. The van der Waals surface area contributed by atoms with Gasteiger partial charge in [0.05, 0.1) is 30.9 Å². The van der Waals surface area contributed by atoms with Gasteiger partial charge in [0.2, 0.25) is 0 Å². The van der Waals surface area contributed by atoms with Crippen molar-refractivity contribution in [2.24, 2.45) is 7.05 Å². The number of aryl methyl sites for hydroxylation is 2. The number of carbonyl (C=O) groups is 1. The summed E-state index contributed by atoms with van der Waals surface area (Å²) in [5, 5.41) is 5.35. The SMILES string of the molecule is COc1cc2c(cc1OC)CN(C(=O)c1cc(C(C)C)nc3c1c(C)nn3C)CC2. The first kappa shape index (κ1) is 20.2. The summed E-state index contributed by atoms with van der Waals surface area (Å²) in [5.74, 6) is 1.64. The number of fused-ring (bicyclic) bond motifs is 2. The molecule has 0 spiro atoms. The van der Waals surface area contributed by atoms with Crippen LogP contribution in [0.25, 0.3) is 11.0 Å². The first-order chi connectivity index (χ1) is 14.3. The fraction of sp³-hybridized carbons (Fsp3) is 0.435. The molecule has 3 aromatic rings. The summed E-state index contributed by atoms with van der Waals surface area (Å²) in [6, 6.07) is 5.93. The smallest absolute Gasteiger partial charge is 0.255 e. The number of hydrogen-bond acceptors (Lipinski definition) is 5. The van der Waals surface area contributed by atoms with Crippen LogP contribution >= 0.6 is 0 Å². The lowest BCUT2D eigenvalue weighted by Crippen LogP contribution is -2.36. The lowest BCUT2D eigenvalue weighted by atomic mass is 9.97. The molecule has 158 valence electrons. The average Bonchev–Trinajstić information content (AvgIpc) is 3.04. The van der Waals surface area contributed by atoms with Crippen molar-refractivity contribution in [1.29, 1.82) is 0 Å². The van der Waals surface area contributed by atoms with E-state index in [-0.39, 0.29) is 11.8 Å². The van der Waals surface area contributed by atoms with E-state index < -0.39 is 0 Å². The number of benzene rings is 1. The van der Waals surface area contributed by atoms with Gasteiger partial charge in [0, 0.05) is 25.8 Å². The highest BCUT2D eigenvalue weighted by Gasteiger charge is 2.27. The molecule has 2 aromatic heterocycles. The Kier molecular flexibility index (Phi) is 5.13. The third-order valence-electron chi connectivity index (χ3n) is 5.82. The summed E-state index contributed by atoms with van der Waals surface area (Å²) in [6.45, 7) is 7.29. The molecule has 0 atom stereocenters. The Balaban J connectivity index is 1.75. The molecule has 4 rings (SSSR count). The van der Waals surface area contributed by atoms with Crippen LogP contribution in [0.4, 0.5) is 0 Å². The van der Waals surface area contributed by atoms with Crippen LogP contribution in [0.3, 0.4) is 0 Å². The maximum absolute atomic E-state index is 13.6. The van der Waals surface area contributed by atoms with Crippen molar-refractivity contribution in [3.8, 4) is 11.5 Å². The number of nitrogens with zero attached hydrogens (tertiary/aromatic N) is 4. The van der Waals surface area contributed by atoms with Gasteiger partial charge in [0.1, 0.15) is 0 Å². The van der Waals surface area contributed by atoms with E-state index in [4.69, 9.17) is 14.5 Å². The fourth-order valence-corrected chi connectivity index (χ4v) is 4.16. The van der Waals surface area contributed by atoms with Gasteiger partial charge in [-0.25, -0.2) is 4.98 Å². The number of rotatable bonds is 4. The third kappa shape index (κ3) is 3.28. The van der Waals surface area contributed by atoms with Crippen LogP contribution in [0.5, 0.6) is 11.5 Å². The number of pyridine rings is 1. The van der Waals surface area contributed by atoms with Crippen molar-refractivity contribution in [1.82, 2.24) is 19.7 Å². The molecule has 0 bridgehead atoms. The largest absolute Gasteiger partial charge is 0.493 e. The van der Waals surface area contributed by atoms with E-state index >= 15 is 0 Å². The maximum atomic E-state index is 13.6. The quantitative estimate of drug-likeness (QED) is 0.660. The number of methoxy groups -OCH3 is 2. The summed E-state index contributed by atoms with van der Waals surface area (Å²) in [4.78, 5) is 20.3. The fourth-order valence-electron chi connectivity index (χ4n) is 4.16. The average molecular weight is 409 g/mol. The highest BCUT2D eigenvalue weighted by Crippen LogP contribution is 2.34. The zero-order chi connectivity index (χ0) is 21.6. The zero-order valence-electron chi connectivity index (χ0n) is 18.4. The Morgan fingerprint density at radius 1 is 1.10 bits per heavy atom. The Labute approximate surface area is 176 Å². The number of ether oxygens (including phenoxy) is 2. The molecule has 0 saturated carbocycles. The first-order valence-electron chi connectivity index (χ1n) is 10.2. The molecule has 0 fully saturated rings. The van der Waals surface area contributed by atoms with Gasteiger partial charge in [0.25, 0.3) is 5.91 Å². The van der Waals surface area contributed by atoms with Gasteiger partial charge >= 0.3 is 0 Å². The highest BCUT2D eigenvalue weighted by molar-refractivity contribution is 6.06. The van der Waals surface area contributed by atoms with Crippen molar-refractivity contribution >= 4 is 16.9 Å². The van der Waals surface area contributed by atoms with Crippen molar-refractivity contribution in [2.45, 2.75) is 39.7 Å². The first-order valence-corrected chi connectivity index (χ1v) is 10.2. The molecular formula is C23H28N4O3. The summed E-state index contributed by atoms with van der Waals surface area (Å²) in [5.41, 5.74) is 5.44. The minimum atomic E-state index is 0.0147. The minimum absolute atomic E-state index is 0.0147. The van der Waals surface area contributed by atoms with E-state index in [9.17, 15) is 4.79 Å². The highest BCUT2D eigenvalue weighted by atomic mass is 16.5. The van der Waals surface area contributed by atoms with Crippen molar-refractivity contribution in [3.63, 3.8) is 0 Å². The van der Waals surface area contributed by atoms with Crippen LogP contribution in [-0.4, -0.2) is 46.3 Å². The molecule has 1 amide bonds. The molecule has 7 nitrogen and oxygen atoms in total. The predicted molar refractivity (Wildman–Crippen MR) is 115 cm³/mol. The van der Waals surface area contributed by atoms with Gasteiger partial charge in [-0.1, -0.05) is 13.8 Å². The van der Waals surface area contributed by atoms with E-state index in [2.05, 4.69) is 18.9 Å². The van der Waals surface area contributed by atoms with Gasteiger partial charge in [-0.3, -0.25) is 9.48 Å². The van der Waals surface area contributed by atoms with Crippen LogP contribution in [0, 0.1) is 6.92 Å². The van der Waals surface area contributed by atoms with Gasteiger partial charge in [-0.05, 0) is 48.6 Å². The van der Waals surface area contributed by atoms with Crippen molar-refractivity contribution in [2.75, 3.05) is 20.8 Å². The number of carbonyl (C=O) groups excluding carboxylic acids is 1. The van der Waals surface area contributed by atoms with E-state index in [1.165, 1.54) is 5.56 Å². The second kappa shape index (κ2) is 7.63. The molecule has 0 N–H and O–H groups in total. The Morgan fingerprint density at radius 2 is 1.77 bits per heavy atom. The Bertz CT molecular complexity index is 1130. The lowest BCUT2D eigenvalue weighted by molar-refractivity contribution is 0.0736. The topological polar surface area (TPSA) is 69.5 Å². The standard InChI is InChI=1S/C23H28N4O3/c1-13(2)18-11-17(21-14(3)25-26(4)22(21)24-18)23(28)27-8-7-15-9-19(29-5)20(30-6)10-16(15)12-27/h9-11,13H,7-8,12H2,1-6H3. The van der Waals surface area contributed by atoms with E-state index in [0.717, 1.165) is 40.2 Å². The van der Waals surface area contributed by atoms with Gasteiger partial charge in [0.15, 0.2) is 17.1 Å². The second-order valence-corrected chi connectivity index (χ2v) is 8.11. The molecule has 30 heavy (non-hydrogen) atoms. The molecular weight excluding hydrogens is 380 g/mol. The van der Waals surface area contributed by atoms with E-state index in [1.807, 2.05) is 37.1 Å². The number of aromatic nitrogens is 3. The molecule has 0 unspecified atom stereocenters. The number of amides is 1. The number of hydrogen-bond donors (Lipinski definition) is 0. The molecule has 1 aliphatic rings. The third-order valence-corrected chi connectivity index (χ3v) is 5.82. The van der Waals surface area contributed by atoms with Gasteiger partial charge in [-0.15, -0.1) is 0 Å². The minimum Gasteiger partial charge on any atom is -0.493 e. The molecule has 7 heteroatoms. The summed E-state index contributed by atoms with van der Waals surface area (Å²) in [6.07, 6.45) is 0.777. The van der Waals surface area contributed by atoms with Crippen LogP contribution in [0.15, 0.2) is 18.2 Å². The normalized spacial score (nSPS) is 13.6. The van der Waals surface area contributed by atoms with Crippen molar-refractivity contribution in [3.05, 3.63) is 46.3 Å². The van der Waals surface area contributed by atoms with Crippen LogP contribution in [0.2, 0.25) is 0 Å². The molecule has 0 aliphatic carbocycles.